The third kappa shape index (κ3) is 3.33. The van der Waals surface area contributed by atoms with Crippen LogP contribution in [0.4, 0.5) is 5.69 Å². The molecule has 4 nitrogen and oxygen atoms in total. The van der Waals surface area contributed by atoms with E-state index in [2.05, 4.69) is 34.2 Å². The molecule has 1 saturated heterocycles. The zero-order chi connectivity index (χ0) is 17.1. The van der Waals surface area contributed by atoms with Crippen molar-refractivity contribution in [3.8, 4) is 5.75 Å². The van der Waals surface area contributed by atoms with Crippen molar-refractivity contribution in [2.75, 3.05) is 25.1 Å². The van der Waals surface area contributed by atoms with Crippen LogP contribution in [0.2, 0.25) is 0 Å². The summed E-state index contributed by atoms with van der Waals surface area (Å²) < 4.78 is 5.41. The lowest BCUT2D eigenvalue weighted by molar-refractivity contribution is 0.415. The van der Waals surface area contributed by atoms with E-state index in [0.717, 1.165) is 41.0 Å². The van der Waals surface area contributed by atoms with Crippen molar-refractivity contribution in [3.63, 3.8) is 0 Å². The van der Waals surface area contributed by atoms with Crippen molar-refractivity contribution >= 4 is 28.7 Å². The molecule has 0 amide bonds. The maximum atomic E-state index is 5.41. The van der Waals surface area contributed by atoms with Crippen LogP contribution in [0.5, 0.6) is 5.75 Å². The Labute approximate surface area is 147 Å². The second-order valence-electron chi connectivity index (χ2n) is 6.26. The number of hydrogen-bond acceptors (Lipinski definition) is 4. The first-order valence-corrected chi connectivity index (χ1v) is 8.65. The number of ether oxygens (including phenoxy) is 1. The molecule has 1 aliphatic heterocycles. The molecule has 0 unspecified atom stereocenters. The highest BCUT2D eigenvalue weighted by Gasteiger charge is 2.16. The first kappa shape index (κ1) is 15.6. The van der Waals surface area contributed by atoms with Crippen LogP contribution in [0.1, 0.15) is 24.1 Å². The normalized spacial score (nSPS) is 14.5. The van der Waals surface area contributed by atoms with Gasteiger partial charge in [-0.3, -0.25) is 4.98 Å². The lowest BCUT2D eigenvalue weighted by Gasteiger charge is -2.20. The van der Waals surface area contributed by atoms with Crippen LogP contribution in [0.3, 0.4) is 0 Å². The number of methoxy groups -OCH3 is 1. The van der Waals surface area contributed by atoms with Crippen molar-refractivity contribution in [1.82, 2.24) is 9.97 Å². The quantitative estimate of drug-likeness (QED) is 0.710. The number of nitrogens with zero attached hydrogens (tertiary/aromatic N) is 3. The van der Waals surface area contributed by atoms with Gasteiger partial charge in [0.15, 0.2) is 0 Å². The zero-order valence-electron chi connectivity index (χ0n) is 14.4. The molecule has 0 saturated carbocycles. The Hall–Kier alpha value is -2.88. The van der Waals surface area contributed by atoms with Gasteiger partial charge in [-0.05, 0) is 60.9 Å². The molecule has 0 aliphatic carbocycles. The molecule has 0 radical (unpaired) electrons. The summed E-state index contributed by atoms with van der Waals surface area (Å²) in [4.78, 5) is 11.3. The molecular weight excluding hydrogens is 310 g/mol. The van der Waals surface area contributed by atoms with Crippen LogP contribution in [0.25, 0.3) is 23.1 Å². The Morgan fingerprint density at radius 1 is 1.00 bits per heavy atom. The molecule has 2 aromatic heterocycles. The van der Waals surface area contributed by atoms with E-state index in [1.807, 2.05) is 24.3 Å². The van der Waals surface area contributed by atoms with Crippen molar-refractivity contribution < 1.29 is 4.74 Å². The fraction of sp³-hybridized carbons (Fsp3) is 0.238. The fourth-order valence-corrected chi connectivity index (χ4v) is 3.30. The van der Waals surface area contributed by atoms with Gasteiger partial charge in [0.25, 0.3) is 0 Å². The van der Waals surface area contributed by atoms with Crippen LogP contribution in [0, 0.1) is 0 Å². The fourth-order valence-electron chi connectivity index (χ4n) is 3.30. The van der Waals surface area contributed by atoms with Gasteiger partial charge in [0.05, 0.1) is 18.3 Å². The van der Waals surface area contributed by atoms with E-state index < -0.39 is 0 Å². The average Bonchev–Trinajstić information content (AvgIpc) is 3.20. The van der Waals surface area contributed by atoms with Crippen LogP contribution < -0.4 is 9.64 Å². The summed E-state index contributed by atoms with van der Waals surface area (Å²) in [6.07, 6.45) is 10.2. The Bertz CT molecular complexity index is 900. The molecular formula is C21H21N3O. The standard InChI is InChI=1S/C21H21N3O/c1-25-18-6-7-20-19(15-18)21(24-12-2-3-13-24)14-17(23-20)5-4-16-8-10-22-11-9-16/h4-11,14-15H,2-3,12-13H2,1H3/b5-4+. The molecule has 1 aliphatic rings. The lowest BCUT2D eigenvalue weighted by Crippen LogP contribution is -2.18. The molecule has 1 fully saturated rings. The third-order valence-corrected chi connectivity index (χ3v) is 4.61. The van der Waals surface area contributed by atoms with Crippen molar-refractivity contribution in [1.29, 1.82) is 0 Å². The Morgan fingerprint density at radius 2 is 1.80 bits per heavy atom. The maximum Gasteiger partial charge on any atom is 0.119 e. The van der Waals surface area contributed by atoms with Gasteiger partial charge < -0.3 is 9.64 Å². The number of benzene rings is 1. The number of anilines is 1. The monoisotopic (exact) mass is 331 g/mol. The first-order valence-electron chi connectivity index (χ1n) is 8.65. The van der Waals surface area contributed by atoms with E-state index in [1.165, 1.54) is 18.5 Å². The second-order valence-corrected chi connectivity index (χ2v) is 6.26. The summed E-state index contributed by atoms with van der Waals surface area (Å²) in [7, 11) is 1.70. The molecule has 3 aromatic rings. The molecule has 4 heteroatoms. The van der Waals surface area contributed by atoms with Gasteiger partial charge in [-0.15, -0.1) is 0 Å². The lowest BCUT2D eigenvalue weighted by atomic mass is 10.1. The van der Waals surface area contributed by atoms with Crippen molar-refractivity contribution in [2.24, 2.45) is 0 Å². The molecule has 3 heterocycles. The summed E-state index contributed by atoms with van der Waals surface area (Å²) in [5.74, 6) is 0.870. The topological polar surface area (TPSA) is 38.3 Å². The van der Waals surface area contributed by atoms with E-state index in [0.29, 0.717) is 0 Å². The van der Waals surface area contributed by atoms with E-state index >= 15 is 0 Å². The van der Waals surface area contributed by atoms with E-state index in [1.54, 1.807) is 19.5 Å². The summed E-state index contributed by atoms with van der Waals surface area (Å²) in [5, 5.41) is 1.15. The molecule has 25 heavy (non-hydrogen) atoms. The molecule has 0 N–H and O–H groups in total. The smallest absolute Gasteiger partial charge is 0.119 e. The Balaban J connectivity index is 1.79. The van der Waals surface area contributed by atoms with Crippen LogP contribution in [0.15, 0.2) is 48.8 Å². The summed E-state index contributed by atoms with van der Waals surface area (Å²) in [5.41, 5.74) is 4.33. The third-order valence-electron chi connectivity index (χ3n) is 4.61. The molecule has 0 spiro atoms. The maximum absolute atomic E-state index is 5.41. The summed E-state index contributed by atoms with van der Waals surface area (Å²) >= 11 is 0. The molecule has 1 aromatic carbocycles. The van der Waals surface area contributed by atoms with E-state index in [-0.39, 0.29) is 0 Å². The Kier molecular flexibility index (Phi) is 4.34. The predicted molar refractivity (Wildman–Crippen MR) is 103 cm³/mol. The van der Waals surface area contributed by atoms with Gasteiger partial charge in [-0.25, -0.2) is 4.98 Å². The number of fused-ring (bicyclic) bond motifs is 1. The van der Waals surface area contributed by atoms with E-state index in [4.69, 9.17) is 9.72 Å². The average molecular weight is 331 g/mol. The highest BCUT2D eigenvalue weighted by Crippen LogP contribution is 2.32. The van der Waals surface area contributed by atoms with E-state index in [9.17, 15) is 0 Å². The van der Waals surface area contributed by atoms with Gasteiger partial charge in [0, 0.05) is 36.6 Å². The van der Waals surface area contributed by atoms with Gasteiger partial charge in [0.1, 0.15) is 5.75 Å². The summed E-state index contributed by atoms with van der Waals surface area (Å²) in [6.45, 7) is 2.20. The number of aromatic nitrogens is 2. The first-order chi connectivity index (χ1) is 12.3. The Morgan fingerprint density at radius 3 is 2.56 bits per heavy atom. The van der Waals surface area contributed by atoms with Crippen molar-refractivity contribution in [3.05, 3.63) is 60.0 Å². The number of pyridine rings is 2. The minimum Gasteiger partial charge on any atom is -0.497 e. The molecule has 126 valence electrons. The van der Waals surface area contributed by atoms with Gasteiger partial charge in [-0.1, -0.05) is 6.08 Å². The van der Waals surface area contributed by atoms with Gasteiger partial charge in [-0.2, -0.15) is 0 Å². The van der Waals surface area contributed by atoms with Gasteiger partial charge in [0.2, 0.25) is 0 Å². The van der Waals surface area contributed by atoms with Crippen molar-refractivity contribution in [2.45, 2.75) is 12.8 Å². The van der Waals surface area contributed by atoms with Crippen LogP contribution in [-0.2, 0) is 0 Å². The molecule has 0 bridgehead atoms. The highest BCUT2D eigenvalue weighted by atomic mass is 16.5. The number of rotatable bonds is 4. The number of hydrogen-bond donors (Lipinski definition) is 0. The zero-order valence-corrected chi connectivity index (χ0v) is 14.4. The minimum absolute atomic E-state index is 0.870. The SMILES string of the molecule is COc1ccc2nc(/C=C/c3ccncc3)cc(N3CCCC3)c2c1. The van der Waals surface area contributed by atoms with Crippen LogP contribution >= 0.6 is 0 Å². The predicted octanol–water partition coefficient (Wildman–Crippen LogP) is 4.41. The summed E-state index contributed by atoms with van der Waals surface area (Å²) in [6, 6.07) is 12.3. The largest absolute Gasteiger partial charge is 0.497 e. The van der Waals surface area contributed by atoms with Gasteiger partial charge >= 0.3 is 0 Å². The molecule has 4 rings (SSSR count). The minimum atomic E-state index is 0.870. The highest BCUT2D eigenvalue weighted by molar-refractivity contribution is 5.94. The molecule has 0 atom stereocenters. The second kappa shape index (κ2) is 6.93. The van der Waals surface area contributed by atoms with Crippen LogP contribution in [-0.4, -0.2) is 30.2 Å².